The van der Waals surface area contributed by atoms with Crippen LogP contribution in [0.2, 0.25) is 5.02 Å². The van der Waals surface area contributed by atoms with Crippen LogP contribution in [-0.2, 0) is 0 Å². The second-order valence-electron chi connectivity index (χ2n) is 5.57. The SMILES string of the molecule is CSc1ccccc1N=Cc1cc(C)n(-c2cccc(Cl)c2)c1C. The van der Waals surface area contributed by atoms with E-state index in [1.54, 1.807) is 11.8 Å². The molecule has 0 amide bonds. The summed E-state index contributed by atoms with van der Waals surface area (Å²) in [4.78, 5) is 5.87. The van der Waals surface area contributed by atoms with E-state index in [0.717, 1.165) is 33.3 Å². The monoisotopic (exact) mass is 354 g/mol. The number of hydrogen-bond acceptors (Lipinski definition) is 2. The van der Waals surface area contributed by atoms with Crippen molar-refractivity contribution in [1.82, 2.24) is 4.57 Å². The maximum absolute atomic E-state index is 6.14. The third-order valence-corrected chi connectivity index (χ3v) is 4.98. The molecular formula is C20H19ClN2S. The van der Waals surface area contributed by atoms with E-state index in [2.05, 4.69) is 47.9 Å². The van der Waals surface area contributed by atoms with Crippen molar-refractivity contribution < 1.29 is 0 Å². The van der Waals surface area contributed by atoms with Crippen molar-refractivity contribution in [2.24, 2.45) is 4.99 Å². The van der Waals surface area contributed by atoms with Crippen LogP contribution in [0.25, 0.3) is 5.69 Å². The van der Waals surface area contributed by atoms with E-state index in [9.17, 15) is 0 Å². The van der Waals surface area contributed by atoms with Crippen LogP contribution in [0.4, 0.5) is 5.69 Å². The molecule has 4 heteroatoms. The fourth-order valence-electron chi connectivity index (χ4n) is 2.81. The van der Waals surface area contributed by atoms with Crippen molar-refractivity contribution in [3.8, 4) is 5.69 Å². The Bertz CT molecular complexity index is 896. The molecule has 0 bridgehead atoms. The minimum Gasteiger partial charge on any atom is -0.318 e. The summed E-state index contributed by atoms with van der Waals surface area (Å²) >= 11 is 7.85. The van der Waals surface area contributed by atoms with Crippen LogP contribution in [-0.4, -0.2) is 17.0 Å². The predicted octanol–water partition coefficient (Wildman–Crippen LogP) is 6.22. The maximum Gasteiger partial charge on any atom is 0.0765 e. The molecular weight excluding hydrogens is 336 g/mol. The van der Waals surface area contributed by atoms with E-state index >= 15 is 0 Å². The van der Waals surface area contributed by atoms with Crippen LogP contribution in [0.1, 0.15) is 17.0 Å². The number of para-hydroxylation sites is 1. The number of halogens is 1. The molecule has 3 aromatic rings. The average molecular weight is 355 g/mol. The van der Waals surface area contributed by atoms with E-state index in [-0.39, 0.29) is 0 Å². The largest absolute Gasteiger partial charge is 0.318 e. The highest BCUT2D eigenvalue weighted by Crippen LogP contribution is 2.28. The van der Waals surface area contributed by atoms with Gasteiger partial charge in [0.25, 0.3) is 0 Å². The van der Waals surface area contributed by atoms with Gasteiger partial charge in [0.2, 0.25) is 0 Å². The van der Waals surface area contributed by atoms with Crippen molar-refractivity contribution in [2.75, 3.05) is 6.26 Å². The Kier molecular flexibility index (Phi) is 5.12. The Morgan fingerprint density at radius 1 is 1.04 bits per heavy atom. The first-order valence-corrected chi connectivity index (χ1v) is 9.32. The number of thioether (sulfide) groups is 1. The molecule has 0 radical (unpaired) electrons. The first-order chi connectivity index (χ1) is 11.6. The van der Waals surface area contributed by atoms with Gasteiger partial charge in [-0.05, 0) is 56.5 Å². The van der Waals surface area contributed by atoms with Gasteiger partial charge >= 0.3 is 0 Å². The van der Waals surface area contributed by atoms with Gasteiger partial charge < -0.3 is 4.57 Å². The van der Waals surface area contributed by atoms with Crippen LogP contribution < -0.4 is 0 Å². The summed E-state index contributed by atoms with van der Waals surface area (Å²) in [5.74, 6) is 0. The van der Waals surface area contributed by atoms with Gasteiger partial charge in [0, 0.05) is 38.8 Å². The Morgan fingerprint density at radius 3 is 2.58 bits per heavy atom. The molecule has 0 spiro atoms. The van der Waals surface area contributed by atoms with Gasteiger partial charge in [-0.2, -0.15) is 0 Å². The van der Waals surface area contributed by atoms with E-state index in [4.69, 9.17) is 11.6 Å². The summed E-state index contributed by atoms with van der Waals surface area (Å²) in [6.45, 7) is 4.21. The van der Waals surface area contributed by atoms with Gasteiger partial charge in [-0.1, -0.05) is 29.8 Å². The van der Waals surface area contributed by atoms with Gasteiger partial charge in [0.1, 0.15) is 0 Å². The summed E-state index contributed by atoms with van der Waals surface area (Å²) in [5.41, 5.74) is 5.50. The number of aliphatic imine (C=N–C) groups is 1. The van der Waals surface area contributed by atoms with E-state index < -0.39 is 0 Å². The number of benzene rings is 2. The molecule has 1 aromatic heterocycles. The number of aryl methyl sites for hydroxylation is 1. The van der Waals surface area contributed by atoms with E-state index in [1.165, 1.54) is 4.90 Å². The van der Waals surface area contributed by atoms with E-state index in [1.807, 2.05) is 42.6 Å². The molecule has 0 aliphatic rings. The highest BCUT2D eigenvalue weighted by atomic mass is 35.5. The molecule has 2 nitrogen and oxygen atoms in total. The topological polar surface area (TPSA) is 17.3 Å². The van der Waals surface area contributed by atoms with Crippen LogP contribution in [0.3, 0.4) is 0 Å². The lowest BCUT2D eigenvalue weighted by molar-refractivity contribution is 0.965. The zero-order valence-electron chi connectivity index (χ0n) is 14.0. The molecule has 0 aliphatic carbocycles. The van der Waals surface area contributed by atoms with Crippen molar-refractivity contribution in [3.63, 3.8) is 0 Å². The lowest BCUT2D eigenvalue weighted by Gasteiger charge is -2.09. The average Bonchev–Trinajstić information content (AvgIpc) is 2.87. The standard InChI is InChI=1S/C20H19ClN2S/c1-14-11-16(13-22-19-9-4-5-10-20(19)24-3)15(2)23(14)18-8-6-7-17(21)12-18/h4-13H,1-3H3. The first-order valence-electron chi connectivity index (χ1n) is 7.72. The molecule has 1 heterocycles. The quantitative estimate of drug-likeness (QED) is 0.401. The molecule has 3 rings (SSSR count). The van der Waals surface area contributed by atoms with Crippen molar-refractivity contribution in [3.05, 3.63) is 76.6 Å². The second-order valence-corrected chi connectivity index (χ2v) is 6.86. The Balaban J connectivity index is 1.99. The van der Waals surface area contributed by atoms with Crippen LogP contribution >= 0.6 is 23.4 Å². The minimum atomic E-state index is 0.740. The van der Waals surface area contributed by atoms with Crippen LogP contribution in [0.5, 0.6) is 0 Å². The summed E-state index contributed by atoms with van der Waals surface area (Å²) in [6.07, 6.45) is 4.01. The van der Waals surface area contributed by atoms with Crippen molar-refractivity contribution in [2.45, 2.75) is 18.7 Å². The van der Waals surface area contributed by atoms with Crippen molar-refractivity contribution >= 4 is 35.3 Å². The molecule has 0 N–H and O–H groups in total. The fourth-order valence-corrected chi connectivity index (χ4v) is 3.54. The highest BCUT2D eigenvalue weighted by Gasteiger charge is 2.10. The fraction of sp³-hybridized carbons (Fsp3) is 0.150. The third-order valence-electron chi connectivity index (χ3n) is 3.96. The number of hydrogen-bond donors (Lipinski definition) is 0. The summed E-state index contributed by atoms with van der Waals surface area (Å²) in [7, 11) is 0. The van der Waals surface area contributed by atoms with Crippen molar-refractivity contribution in [1.29, 1.82) is 0 Å². The first kappa shape index (κ1) is 16.9. The number of rotatable bonds is 4. The van der Waals surface area contributed by atoms with E-state index in [0.29, 0.717) is 0 Å². The maximum atomic E-state index is 6.14. The smallest absolute Gasteiger partial charge is 0.0765 e. The van der Waals surface area contributed by atoms with Gasteiger partial charge in [-0.3, -0.25) is 4.99 Å². The molecule has 0 atom stereocenters. The molecule has 0 unspecified atom stereocenters. The van der Waals surface area contributed by atoms with Gasteiger partial charge in [-0.25, -0.2) is 0 Å². The lowest BCUT2D eigenvalue weighted by Crippen LogP contribution is -1.99. The zero-order chi connectivity index (χ0) is 17.1. The van der Waals surface area contributed by atoms with Gasteiger partial charge in [0.15, 0.2) is 0 Å². The lowest BCUT2D eigenvalue weighted by atomic mass is 10.2. The molecule has 0 saturated heterocycles. The summed E-state index contributed by atoms with van der Waals surface area (Å²) < 4.78 is 2.20. The Labute approximate surface area is 152 Å². The summed E-state index contributed by atoms with van der Waals surface area (Å²) in [5, 5.41) is 0.740. The van der Waals surface area contributed by atoms with Gasteiger partial charge in [-0.15, -0.1) is 11.8 Å². The summed E-state index contributed by atoms with van der Waals surface area (Å²) in [6, 6.07) is 18.2. The minimum absolute atomic E-state index is 0.740. The Hall–Kier alpha value is -1.97. The zero-order valence-corrected chi connectivity index (χ0v) is 15.5. The van der Waals surface area contributed by atoms with Gasteiger partial charge in [0.05, 0.1) is 5.69 Å². The molecule has 0 aliphatic heterocycles. The number of aromatic nitrogens is 1. The molecule has 122 valence electrons. The number of nitrogens with zero attached hydrogens (tertiary/aromatic N) is 2. The molecule has 2 aromatic carbocycles. The molecule has 0 saturated carbocycles. The predicted molar refractivity (Wildman–Crippen MR) is 106 cm³/mol. The Morgan fingerprint density at radius 2 is 1.83 bits per heavy atom. The highest BCUT2D eigenvalue weighted by molar-refractivity contribution is 7.98. The normalized spacial score (nSPS) is 11.3. The molecule has 24 heavy (non-hydrogen) atoms. The van der Waals surface area contributed by atoms with Crippen LogP contribution in [0, 0.1) is 13.8 Å². The third kappa shape index (κ3) is 3.42. The second kappa shape index (κ2) is 7.29. The molecule has 0 fully saturated rings. The van der Waals surface area contributed by atoms with Crippen LogP contribution in [0.15, 0.2) is 64.5 Å².